The Balaban J connectivity index is 1.47. The standard InChI is InChI=1S/C23H25N5O3/c1-15-5-8-17(9-6-15)26-27-19-13-16(2)7-10-18(19)24-20(29)14-28-21(30)23(25-22(28)31)11-3-4-12-23/h5-10,13H,3-4,11-12,14H2,1-2H3,(H,24,29)(H,25,31). The third-order valence-corrected chi connectivity index (χ3v) is 5.74. The molecule has 1 heterocycles. The summed E-state index contributed by atoms with van der Waals surface area (Å²) in [5.74, 6) is -0.775. The number of carbonyl (C=O) groups is 3. The van der Waals surface area contributed by atoms with Gasteiger partial charge >= 0.3 is 6.03 Å². The molecule has 160 valence electrons. The van der Waals surface area contributed by atoms with Crippen molar-refractivity contribution in [3.05, 3.63) is 53.6 Å². The molecule has 1 saturated carbocycles. The topological polar surface area (TPSA) is 103 Å². The molecule has 1 saturated heterocycles. The van der Waals surface area contributed by atoms with Gasteiger partial charge in [0.25, 0.3) is 5.91 Å². The van der Waals surface area contributed by atoms with Crippen molar-refractivity contribution in [2.75, 3.05) is 11.9 Å². The molecule has 2 aromatic carbocycles. The maximum atomic E-state index is 12.8. The third kappa shape index (κ3) is 4.33. The molecule has 1 aliphatic carbocycles. The zero-order valence-electron chi connectivity index (χ0n) is 17.6. The molecule has 0 aromatic heterocycles. The van der Waals surface area contributed by atoms with Crippen molar-refractivity contribution >= 4 is 34.9 Å². The largest absolute Gasteiger partial charge is 0.325 e. The Morgan fingerprint density at radius 2 is 1.71 bits per heavy atom. The fourth-order valence-corrected chi connectivity index (χ4v) is 4.02. The van der Waals surface area contributed by atoms with Crippen molar-refractivity contribution < 1.29 is 14.4 Å². The molecule has 8 heteroatoms. The van der Waals surface area contributed by atoms with Crippen LogP contribution >= 0.6 is 0 Å². The smallest absolute Gasteiger partial charge is 0.323 e. The number of hydrogen-bond acceptors (Lipinski definition) is 5. The summed E-state index contributed by atoms with van der Waals surface area (Å²) in [6.07, 6.45) is 3.03. The molecular weight excluding hydrogens is 394 g/mol. The zero-order valence-corrected chi connectivity index (χ0v) is 17.6. The number of benzene rings is 2. The number of urea groups is 1. The van der Waals surface area contributed by atoms with E-state index >= 15 is 0 Å². The SMILES string of the molecule is Cc1ccc(N=Nc2cc(C)ccc2NC(=O)CN2C(=O)NC3(CCCC3)C2=O)cc1. The number of amides is 4. The maximum absolute atomic E-state index is 12.8. The molecule has 1 aliphatic heterocycles. The lowest BCUT2D eigenvalue weighted by atomic mass is 9.98. The van der Waals surface area contributed by atoms with E-state index in [1.54, 1.807) is 6.07 Å². The van der Waals surface area contributed by atoms with E-state index in [0.29, 0.717) is 29.9 Å². The van der Waals surface area contributed by atoms with Crippen LogP contribution < -0.4 is 10.6 Å². The van der Waals surface area contributed by atoms with Gasteiger partial charge in [0.05, 0.1) is 11.4 Å². The molecule has 31 heavy (non-hydrogen) atoms. The first-order valence-electron chi connectivity index (χ1n) is 10.4. The molecule has 1 spiro atoms. The minimum Gasteiger partial charge on any atom is -0.323 e. The second-order valence-corrected chi connectivity index (χ2v) is 8.21. The van der Waals surface area contributed by atoms with Gasteiger partial charge in [0.2, 0.25) is 5.91 Å². The van der Waals surface area contributed by atoms with E-state index in [1.165, 1.54) is 0 Å². The van der Waals surface area contributed by atoms with Gasteiger partial charge in [0.1, 0.15) is 17.8 Å². The van der Waals surface area contributed by atoms with Gasteiger partial charge in [-0.3, -0.25) is 14.5 Å². The van der Waals surface area contributed by atoms with Gasteiger partial charge in [-0.2, -0.15) is 5.11 Å². The Hall–Kier alpha value is -3.55. The first-order chi connectivity index (χ1) is 14.9. The summed E-state index contributed by atoms with van der Waals surface area (Å²) in [5.41, 5.74) is 2.93. The number of carbonyl (C=O) groups excluding carboxylic acids is 3. The summed E-state index contributed by atoms with van der Waals surface area (Å²) in [4.78, 5) is 38.7. The molecule has 2 fully saturated rings. The summed E-state index contributed by atoms with van der Waals surface area (Å²) < 4.78 is 0. The van der Waals surface area contributed by atoms with Crippen LogP contribution in [0.3, 0.4) is 0 Å². The normalized spacial score (nSPS) is 17.5. The van der Waals surface area contributed by atoms with Gasteiger partial charge in [-0.15, -0.1) is 5.11 Å². The molecule has 0 atom stereocenters. The summed E-state index contributed by atoms with van der Waals surface area (Å²) >= 11 is 0. The second-order valence-electron chi connectivity index (χ2n) is 8.21. The minimum atomic E-state index is -0.825. The molecule has 2 aromatic rings. The average Bonchev–Trinajstić information content (AvgIpc) is 3.30. The van der Waals surface area contributed by atoms with Crippen LogP contribution in [0.4, 0.5) is 21.9 Å². The highest BCUT2D eigenvalue weighted by molar-refractivity contribution is 6.10. The first kappa shape index (κ1) is 20.7. The fourth-order valence-electron chi connectivity index (χ4n) is 4.02. The van der Waals surface area contributed by atoms with E-state index in [-0.39, 0.29) is 12.5 Å². The molecule has 2 aliphatic rings. The number of imide groups is 1. The van der Waals surface area contributed by atoms with Crippen LogP contribution in [0.2, 0.25) is 0 Å². The number of hydrogen-bond donors (Lipinski definition) is 2. The molecule has 0 unspecified atom stereocenters. The monoisotopic (exact) mass is 419 g/mol. The fraction of sp³-hybridized carbons (Fsp3) is 0.348. The number of nitrogens with one attached hydrogen (secondary N) is 2. The summed E-state index contributed by atoms with van der Waals surface area (Å²) in [6.45, 7) is 3.58. The second kappa shape index (κ2) is 8.29. The van der Waals surface area contributed by atoms with E-state index in [0.717, 1.165) is 28.9 Å². The number of anilines is 1. The predicted molar refractivity (Wildman–Crippen MR) is 117 cm³/mol. The van der Waals surface area contributed by atoms with Gasteiger partial charge in [-0.05, 0) is 56.5 Å². The van der Waals surface area contributed by atoms with E-state index in [9.17, 15) is 14.4 Å². The lowest BCUT2D eigenvalue weighted by Gasteiger charge is -2.19. The van der Waals surface area contributed by atoms with E-state index in [1.807, 2.05) is 50.2 Å². The van der Waals surface area contributed by atoms with Crippen LogP contribution in [-0.4, -0.2) is 34.8 Å². The number of aryl methyl sites for hydroxylation is 2. The highest BCUT2D eigenvalue weighted by Gasteiger charge is 2.52. The number of azo groups is 1. The van der Waals surface area contributed by atoms with Crippen molar-refractivity contribution in [3.8, 4) is 0 Å². The molecule has 2 N–H and O–H groups in total. The first-order valence-corrected chi connectivity index (χ1v) is 10.4. The summed E-state index contributed by atoms with van der Waals surface area (Å²) in [7, 11) is 0. The minimum absolute atomic E-state index is 0.312. The maximum Gasteiger partial charge on any atom is 0.325 e. The van der Waals surface area contributed by atoms with Crippen LogP contribution in [0, 0.1) is 13.8 Å². The zero-order chi connectivity index (χ0) is 22.0. The van der Waals surface area contributed by atoms with Crippen LogP contribution in [0.25, 0.3) is 0 Å². The predicted octanol–water partition coefficient (Wildman–Crippen LogP) is 4.52. The third-order valence-electron chi connectivity index (χ3n) is 5.74. The van der Waals surface area contributed by atoms with Crippen molar-refractivity contribution in [2.24, 2.45) is 10.2 Å². The van der Waals surface area contributed by atoms with Gasteiger partial charge in [-0.1, -0.05) is 36.6 Å². The molecule has 4 amide bonds. The molecular formula is C23H25N5O3. The highest BCUT2D eigenvalue weighted by atomic mass is 16.2. The lowest BCUT2D eigenvalue weighted by Crippen LogP contribution is -2.44. The highest BCUT2D eigenvalue weighted by Crippen LogP contribution is 2.35. The van der Waals surface area contributed by atoms with Crippen LogP contribution in [0.5, 0.6) is 0 Å². The van der Waals surface area contributed by atoms with Crippen molar-refractivity contribution in [1.29, 1.82) is 0 Å². The van der Waals surface area contributed by atoms with Crippen LogP contribution in [0.15, 0.2) is 52.7 Å². The van der Waals surface area contributed by atoms with E-state index < -0.39 is 17.5 Å². The Bertz CT molecular complexity index is 1060. The van der Waals surface area contributed by atoms with Crippen molar-refractivity contribution in [1.82, 2.24) is 10.2 Å². The van der Waals surface area contributed by atoms with E-state index in [2.05, 4.69) is 20.9 Å². The molecule has 8 nitrogen and oxygen atoms in total. The Morgan fingerprint density at radius 3 is 2.42 bits per heavy atom. The quantitative estimate of drug-likeness (QED) is 0.550. The van der Waals surface area contributed by atoms with Crippen molar-refractivity contribution in [3.63, 3.8) is 0 Å². The van der Waals surface area contributed by atoms with Crippen LogP contribution in [-0.2, 0) is 9.59 Å². The molecule has 0 radical (unpaired) electrons. The van der Waals surface area contributed by atoms with Crippen LogP contribution in [0.1, 0.15) is 36.8 Å². The summed E-state index contributed by atoms with van der Waals surface area (Å²) in [5, 5.41) is 14.1. The summed E-state index contributed by atoms with van der Waals surface area (Å²) in [6, 6.07) is 12.5. The van der Waals surface area contributed by atoms with Crippen molar-refractivity contribution in [2.45, 2.75) is 45.1 Å². The van der Waals surface area contributed by atoms with Gasteiger partial charge in [0.15, 0.2) is 0 Å². The average molecular weight is 419 g/mol. The molecule has 4 rings (SSSR count). The number of nitrogens with zero attached hydrogens (tertiary/aromatic N) is 3. The lowest BCUT2D eigenvalue weighted by molar-refractivity contribution is -0.133. The van der Waals surface area contributed by atoms with Gasteiger partial charge in [0, 0.05) is 0 Å². The Kier molecular flexibility index (Phi) is 5.54. The Labute approximate surface area is 180 Å². The van der Waals surface area contributed by atoms with Gasteiger partial charge < -0.3 is 10.6 Å². The molecule has 0 bridgehead atoms. The van der Waals surface area contributed by atoms with E-state index in [4.69, 9.17) is 0 Å². The number of rotatable bonds is 5. The van der Waals surface area contributed by atoms with Gasteiger partial charge in [-0.25, -0.2) is 4.79 Å². The Morgan fingerprint density at radius 1 is 1.03 bits per heavy atom.